The molecule has 0 aliphatic heterocycles. The Bertz CT molecular complexity index is 443. The Hall–Kier alpha value is -0.500. The molecule has 0 heterocycles. The minimum Gasteiger partial charge on any atom is -0.516 e. The van der Waals surface area contributed by atoms with Gasteiger partial charge in [-0.15, -0.1) is 0 Å². The Morgan fingerprint density at radius 3 is 2.37 bits per heavy atom. The van der Waals surface area contributed by atoms with Crippen molar-refractivity contribution in [2.45, 2.75) is 38.2 Å². The molecule has 2 nitrogen and oxygen atoms in total. The van der Waals surface area contributed by atoms with Crippen LogP contribution in [0.3, 0.4) is 0 Å². The summed E-state index contributed by atoms with van der Waals surface area (Å²) in [6, 6.07) is 0. The van der Waals surface area contributed by atoms with E-state index in [4.69, 9.17) is 4.74 Å². The van der Waals surface area contributed by atoms with Crippen LogP contribution in [0.15, 0.2) is 11.8 Å². The van der Waals surface area contributed by atoms with Crippen LogP contribution in [0.1, 0.15) is 32.1 Å². The number of ether oxygens (including phenoxy) is 1. The van der Waals surface area contributed by atoms with Gasteiger partial charge in [-0.2, -0.15) is 0 Å². The highest BCUT2D eigenvalue weighted by Gasteiger charge is 2.68. The van der Waals surface area contributed by atoms with E-state index in [2.05, 4.69) is 0 Å². The standard InChI is InChI=1S/C17H24O2/c1-19-15-5-9-4-14(15)17-13-6-12(16(9)17)10-2-8(7-18)3-11(10)13/h7,9-18H,2-6H2,1H3/b8-7-. The van der Waals surface area contributed by atoms with Crippen LogP contribution in [0.25, 0.3) is 0 Å². The summed E-state index contributed by atoms with van der Waals surface area (Å²) in [5.41, 5.74) is 1.33. The fraction of sp³-hybridized carbons (Fsp3) is 0.882. The molecule has 5 aliphatic carbocycles. The summed E-state index contributed by atoms with van der Waals surface area (Å²) < 4.78 is 5.76. The lowest BCUT2D eigenvalue weighted by Crippen LogP contribution is -2.40. The second kappa shape index (κ2) is 3.58. The Balaban J connectivity index is 1.49. The van der Waals surface area contributed by atoms with Gasteiger partial charge in [-0.05, 0) is 85.0 Å². The summed E-state index contributed by atoms with van der Waals surface area (Å²) in [6.45, 7) is 0. The lowest BCUT2D eigenvalue weighted by Gasteiger charge is -2.42. The van der Waals surface area contributed by atoms with Gasteiger partial charge in [0.25, 0.3) is 0 Å². The first-order valence-corrected chi connectivity index (χ1v) is 8.16. The molecule has 5 fully saturated rings. The molecule has 1 N–H and O–H groups in total. The molecule has 5 saturated carbocycles. The van der Waals surface area contributed by atoms with E-state index in [0.717, 1.165) is 47.3 Å². The smallest absolute Gasteiger partial charge is 0.0783 e. The Morgan fingerprint density at radius 2 is 1.68 bits per heavy atom. The number of rotatable bonds is 1. The molecular weight excluding hydrogens is 236 g/mol. The molecule has 5 rings (SSSR count). The van der Waals surface area contributed by atoms with Gasteiger partial charge in [-0.25, -0.2) is 0 Å². The molecule has 2 heteroatoms. The highest BCUT2D eigenvalue weighted by Crippen LogP contribution is 2.73. The van der Waals surface area contributed by atoms with Crippen LogP contribution in [0.2, 0.25) is 0 Å². The van der Waals surface area contributed by atoms with Crippen molar-refractivity contribution in [3.8, 4) is 0 Å². The van der Waals surface area contributed by atoms with Gasteiger partial charge in [-0.3, -0.25) is 0 Å². The van der Waals surface area contributed by atoms with Gasteiger partial charge in [0.1, 0.15) is 0 Å². The Kier molecular flexibility index (Phi) is 2.11. The number of allylic oxidation sites excluding steroid dienone is 1. The first kappa shape index (κ1) is 11.2. The molecule has 0 spiro atoms. The number of hydrogen-bond acceptors (Lipinski definition) is 2. The maximum atomic E-state index is 9.33. The minimum absolute atomic E-state index is 0.568. The Morgan fingerprint density at radius 1 is 0.947 bits per heavy atom. The van der Waals surface area contributed by atoms with Crippen molar-refractivity contribution in [1.82, 2.24) is 0 Å². The van der Waals surface area contributed by atoms with Gasteiger partial charge in [0, 0.05) is 7.11 Å². The van der Waals surface area contributed by atoms with E-state index in [9.17, 15) is 5.11 Å². The maximum Gasteiger partial charge on any atom is 0.0783 e. The molecule has 4 bridgehead atoms. The zero-order chi connectivity index (χ0) is 12.7. The van der Waals surface area contributed by atoms with Crippen LogP contribution in [0, 0.1) is 47.3 Å². The summed E-state index contributed by atoms with van der Waals surface area (Å²) >= 11 is 0. The van der Waals surface area contributed by atoms with Crippen molar-refractivity contribution >= 4 is 0 Å². The van der Waals surface area contributed by atoms with Crippen LogP contribution < -0.4 is 0 Å². The maximum absolute atomic E-state index is 9.33. The molecule has 0 aromatic heterocycles. The number of fused-ring (bicyclic) bond motifs is 12. The van der Waals surface area contributed by atoms with E-state index in [-0.39, 0.29) is 0 Å². The zero-order valence-corrected chi connectivity index (χ0v) is 11.7. The van der Waals surface area contributed by atoms with Crippen LogP contribution in [-0.2, 0) is 4.74 Å². The quantitative estimate of drug-likeness (QED) is 0.578. The van der Waals surface area contributed by atoms with E-state index >= 15 is 0 Å². The van der Waals surface area contributed by atoms with Crippen molar-refractivity contribution in [1.29, 1.82) is 0 Å². The molecule has 9 atom stereocenters. The van der Waals surface area contributed by atoms with E-state index < -0.39 is 0 Å². The van der Waals surface area contributed by atoms with Gasteiger partial charge < -0.3 is 9.84 Å². The van der Waals surface area contributed by atoms with Gasteiger partial charge >= 0.3 is 0 Å². The zero-order valence-electron chi connectivity index (χ0n) is 11.7. The largest absolute Gasteiger partial charge is 0.516 e. The number of hydrogen-bond donors (Lipinski definition) is 1. The highest BCUT2D eigenvalue weighted by atomic mass is 16.5. The predicted octanol–water partition coefficient (Wildman–Crippen LogP) is 3.39. The molecule has 0 aromatic carbocycles. The molecule has 0 radical (unpaired) electrons. The SMILES string of the molecule is COC1CC2CC1C1C3CC(C4C/C(=C/O)CC43)C21. The summed E-state index contributed by atoms with van der Waals surface area (Å²) in [5, 5.41) is 9.33. The van der Waals surface area contributed by atoms with Gasteiger partial charge in [-0.1, -0.05) is 0 Å². The summed E-state index contributed by atoms with van der Waals surface area (Å²) in [7, 11) is 1.92. The van der Waals surface area contributed by atoms with E-state index in [1.54, 1.807) is 0 Å². The van der Waals surface area contributed by atoms with Gasteiger partial charge in [0.05, 0.1) is 12.4 Å². The minimum atomic E-state index is 0.568. The third-order valence-electron chi connectivity index (χ3n) is 7.73. The van der Waals surface area contributed by atoms with Crippen molar-refractivity contribution in [2.75, 3.05) is 7.11 Å². The summed E-state index contributed by atoms with van der Waals surface area (Å²) in [4.78, 5) is 0. The predicted molar refractivity (Wildman–Crippen MR) is 72.5 cm³/mol. The van der Waals surface area contributed by atoms with Crippen LogP contribution in [0.4, 0.5) is 0 Å². The van der Waals surface area contributed by atoms with Gasteiger partial charge in [0.2, 0.25) is 0 Å². The summed E-state index contributed by atoms with van der Waals surface area (Å²) in [5.74, 6) is 7.63. The van der Waals surface area contributed by atoms with Crippen molar-refractivity contribution < 1.29 is 9.84 Å². The highest BCUT2D eigenvalue weighted by molar-refractivity contribution is 5.22. The molecule has 104 valence electrons. The van der Waals surface area contributed by atoms with Crippen LogP contribution in [0.5, 0.6) is 0 Å². The topological polar surface area (TPSA) is 29.5 Å². The monoisotopic (exact) mass is 260 g/mol. The lowest BCUT2D eigenvalue weighted by atomic mass is 9.64. The summed E-state index contributed by atoms with van der Waals surface area (Å²) in [6.07, 6.45) is 8.69. The molecule has 5 aliphatic rings. The fourth-order valence-electron chi connectivity index (χ4n) is 7.48. The number of methoxy groups -OCH3 is 1. The third kappa shape index (κ3) is 1.19. The molecule has 0 amide bonds. The average Bonchev–Trinajstić information content (AvgIpc) is 3.17. The fourth-order valence-corrected chi connectivity index (χ4v) is 7.48. The van der Waals surface area contributed by atoms with Gasteiger partial charge in [0.15, 0.2) is 0 Å². The number of aliphatic hydroxyl groups excluding tert-OH is 1. The first-order valence-electron chi connectivity index (χ1n) is 8.16. The van der Waals surface area contributed by atoms with Crippen molar-refractivity contribution in [3.63, 3.8) is 0 Å². The second-order valence-corrected chi connectivity index (χ2v) is 7.91. The van der Waals surface area contributed by atoms with Crippen LogP contribution in [-0.4, -0.2) is 18.3 Å². The van der Waals surface area contributed by atoms with E-state index in [1.807, 2.05) is 7.11 Å². The average molecular weight is 260 g/mol. The normalized spacial score (nSPS) is 63.0. The Labute approximate surface area is 115 Å². The van der Waals surface area contributed by atoms with Crippen molar-refractivity contribution in [2.24, 2.45) is 47.3 Å². The first-order chi connectivity index (χ1) is 9.31. The van der Waals surface area contributed by atoms with E-state index in [1.165, 1.54) is 43.9 Å². The van der Waals surface area contributed by atoms with Crippen LogP contribution >= 0.6 is 0 Å². The third-order valence-corrected chi connectivity index (χ3v) is 7.73. The molecule has 19 heavy (non-hydrogen) atoms. The second-order valence-electron chi connectivity index (χ2n) is 7.91. The van der Waals surface area contributed by atoms with Crippen molar-refractivity contribution in [3.05, 3.63) is 11.8 Å². The molecule has 9 unspecified atom stereocenters. The molecular formula is C17H24O2. The number of aliphatic hydroxyl groups is 1. The lowest BCUT2D eigenvalue weighted by molar-refractivity contribution is -0.0224. The van der Waals surface area contributed by atoms with E-state index in [0.29, 0.717) is 6.10 Å². The molecule has 0 aromatic rings. The molecule has 0 saturated heterocycles.